The zero-order valence-corrected chi connectivity index (χ0v) is 12.2. The van der Waals surface area contributed by atoms with Gasteiger partial charge in [-0.1, -0.05) is 44.5 Å². The lowest BCUT2D eigenvalue weighted by molar-refractivity contribution is -0.0588. The average molecular weight is 258 g/mol. The van der Waals surface area contributed by atoms with Gasteiger partial charge in [0.25, 0.3) is 0 Å². The van der Waals surface area contributed by atoms with Crippen molar-refractivity contribution in [2.75, 3.05) is 0 Å². The summed E-state index contributed by atoms with van der Waals surface area (Å²) in [4.78, 5) is 0. The molecule has 3 rings (SSSR count). The quantitative estimate of drug-likeness (QED) is 0.822. The van der Waals surface area contributed by atoms with Gasteiger partial charge in [-0.25, -0.2) is 0 Å². The molecule has 2 aliphatic carbocycles. The first kappa shape index (κ1) is 13.2. The molecule has 19 heavy (non-hydrogen) atoms. The second kappa shape index (κ2) is 4.94. The van der Waals surface area contributed by atoms with Gasteiger partial charge in [0.15, 0.2) is 0 Å². The third kappa shape index (κ3) is 2.33. The average Bonchev–Trinajstić information content (AvgIpc) is 2.33. The van der Waals surface area contributed by atoms with Crippen LogP contribution in [0.5, 0.6) is 0 Å². The molecule has 104 valence electrons. The zero-order valence-electron chi connectivity index (χ0n) is 12.2. The van der Waals surface area contributed by atoms with Crippen molar-refractivity contribution in [3.8, 4) is 0 Å². The van der Waals surface area contributed by atoms with Gasteiger partial charge < -0.3 is 5.11 Å². The van der Waals surface area contributed by atoms with Gasteiger partial charge in [0.1, 0.15) is 0 Å². The Morgan fingerprint density at radius 3 is 2.58 bits per heavy atom. The number of benzene rings is 1. The minimum absolute atomic E-state index is 0.368. The number of hydrogen-bond donors (Lipinski definition) is 1. The van der Waals surface area contributed by atoms with E-state index in [0.29, 0.717) is 5.92 Å². The van der Waals surface area contributed by atoms with Crippen LogP contribution in [0.3, 0.4) is 0 Å². The van der Waals surface area contributed by atoms with Crippen LogP contribution in [0.2, 0.25) is 0 Å². The molecule has 1 nitrogen and oxygen atoms in total. The Kier molecular flexibility index (Phi) is 3.42. The molecule has 2 saturated carbocycles. The highest BCUT2D eigenvalue weighted by molar-refractivity contribution is 5.32. The highest BCUT2D eigenvalue weighted by atomic mass is 16.3. The van der Waals surface area contributed by atoms with Crippen LogP contribution in [-0.4, -0.2) is 5.11 Å². The molecule has 1 aromatic carbocycles. The molecule has 0 heterocycles. The first-order chi connectivity index (χ1) is 9.09. The molecular weight excluding hydrogens is 232 g/mol. The standard InChI is InChI=1S/C18H26O/c1-13-9-10-18(19,14(2)11-13)17-8-4-7-16(12-17)15-5-3-6-15/h4,7-8,12-15,19H,3,5-6,9-11H2,1-2H3. The smallest absolute Gasteiger partial charge is 0.0922 e. The normalized spacial score (nSPS) is 35.9. The van der Waals surface area contributed by atoms with Gasteiger partial charge in [-0.3, -0.25) is 0 Å². The van der Waals surface area contributed by atoms with Crippen molar-refractivity contribution >= 4 is 0 Å². The maximum atomic E-state index is 11.1. The molecule has 0 bridgehead atoms. The minimum atomic E-state index is -0.591. The van der Waals surface area contributed by atoms with E-state index < -0.39 is 5.60 Å². The van der Waals surface area contributed by atoms with Gasteiger partial charge in [0.2, 0.25) is 0 Å². The zero-order chi connectivity index (χ0) is 13.5. The Labute approximate surface area is 117 Å². The number of rotatable bonds is 2. The third-order valence-electron chi connectivity index (χ3n) is 5.55. The van der Waals surface area contributed by atoms with Crippen LogP contribution in [-0.2, 0) is 5.60 Å². The molecular formula is C18H26O. The summed E-state index contributed by atoms with van der Waals surface area (Å²) in [5.74, 6) is 1.87. The topological polar surface area (TPSA) is 20.2 Å². The Morgan fingerprint density at radius 2 is 1.95 bits per heavy atom. The molecule has 0 spiro atoms. The van der Waals surface area contributed by atoms with Crippen LogP contribution in [0.4, 0.5) is 0 Å². The highest BCUT2D eigenvalue weighted by Gasteiger charge is 2.40. The lowest BCUT2D eigenvalue weighted by atomic mass is 9.68. The van der Waals surface area contributed by atoms with Crippen molar-refractivity contribution < 1.29 is 5.11 Å². The summed E-state index contributed by atoms with van der Waals surface area (Å²) < 4.78 is 0. The molecule has 0 saturated heterocycles. The van der Waals surface area contributed by atoms with E-state index in [1.165, 1.54) is 24.8 Å². The summed E-state index contributed by atoms with van der Waals surface area (Å²) in [7, 11) is 0. The second-order valence-corrected chi connectivity index (χ2v) is 6.96. The summed E-state index contributed by atoms with van der Waals surface area (Å²) in [5.41, 5.74) is 2.02. The van der Waals surface area contributed by atoms with Crippen molar-refractivity contribution in [1.29, 1.82) is 0 Å². The fraction of sp³-hybridized carbons (Fsp3) is 0.667. The van der Waals surface area contributed by atoms with E-state index in [0.717, 1.165) is 36.7 Å². The highest BCUT2D eigenvalue weighted by Crippen LogP contribution is 2.45. The monoisotopic (exact) mass is 258 g/mol. The fourth-order valence-electron chi connectivity index (χ4n) is 3.86. The van der Waals surface area contributed by atoms with Crippen molar-refractivity contribution in [1.82, 2.24) is 0 Å². The van der Waals surface area contributed by atoms with Crippen LogP contribution in [0, 0.1) is 11.8 Å². The van der Waals surface area contributed by atoms with Gasteiger partial charge >= 0.3 is 0 Å². The predicted octanol–water partition coefficient (Wildman–Crippen LogP) is 4.60. The Hall–Kier alpha value is -0.820. The van der Waals surface area contributed by atoms with E-state index in [1.54, 1.807) is 0 Å². The largest absolute Gasteiger partial charge is 0.385 e. The lowest BCUT2D eigenvalue weighted by Crippen LogP contribution is -2.38. The Balaban J connectivity index is 1.87. The molecule has 1 N–H and O–H groups in total. The molecule has 1 heteroatoms. The van der Waals surface area contributed by atoms with E-state index in [9.17, 15) is 5.11 Å². The molecule has 0 radical (unpaired) electrons. The fourth-order valence-corrected chi connectivity index (χ4v) is 3.86. The van der Waals surface area contributed by atoms with E-state index in [-0.39, 0.29) is 0 Å². The molecule has 0 aromatic heterocycles. The molecule has 2 aliphatic rings. The third-order valence-corrected chi connectivity index (χ3v) is 5.55. The van der Waals surface area contributed by atoms with E-state index in [1.807, 2.05) is 0 Å². The SMILES string of the molecule is CC1CCC(O)(c2cccc(C3CCC3)c2)C(C)C1. The maximum Gasteiger partial charge on any atom is 0.0922 e. The summed E-state index contributed by atoms with van der Waals surface area (Å²) in [6.07, 6.45) is 7.23. The first-order valence-corrected chi connectivity index (χ1v) is 7.92. The summed E-state index contributed by atoms with van der Waals surface area (Å²) in [6.45, 7) is 4.52. The van der Waals surface area contributed by atoms with Crippen molar-refractivity contribution in [2.45, 2.75) is 63.9 Å². The summed E-state index contributed by atoms with van der Waals surface area (Å²) in [6, 6.07) is 8.81. The van der Waals surface area contributed by atoms with Gasteiger partial charge in [0, 0.05) is 0 Å². The molecule has 1 aromatic rings. The molecule has 3 unspecified atom stereocenters. The van der Waals surface area contributed by atoms with Crippen LogP contribution in [0.15, 0.2) is 24.3 Å². The summed E-state index contributed by atoms with van der Waals surface area (Å²) in [5, 5.41) is 11.1. The maximum absolute atomic E-state index is 11.1. The van der Waals surface area contributed by atoms with Crippen LogP contribution in [0.25, 0.3) is 0 Å². The minimum Gasteiger partial charge on any atom is -0.385 e. The molecule has 3 atom stereocenters. The Morgan fingerprint density at radius 1 is 1.16 bits per heavy atom. The first-order valence-electron chi connectivity index (χ1n) is 7.92. The van der Waals surface area contributed by atoms with Crippen molar-refractivity contribution in [2.24, 2.45) is 11.8 Å². The van der Waals surface area contributed by atoms with Crippen LogP contribution in [0.1, 0.15) is 69.4 Å². The Bertz CT molecular complexity index is 449. The van der Waals surface area contributed by atoms with Crippen LogP contribution >= 0.6 is 0 Å². The van der Waals surface area contributed by atoms with E-state index in [4.69, 9.17) is 0 Å². The molecule has 2 fully saturated rings. The van der Waals surface area contributed by atoms with Gasteiger partial charge in [-0.2, -0.15) is 0 Å². The number of hydrogen-bond acceptors (Lipinski definition) is 1. The van der Waals surface area contributed by atoms with Gasteiger partial charge in [0.05, 0.1) is 5.60 Å². The van der Waals surface area contributed by atoms with Crippen molar-refractivity contribution in [3.05, 3.63) is 35.4 Å². The second-order valence-electron chi connectivity index (χ2n) is 6.96. The van der Waals surface area contributed by atoms with Gasteiger partial charge in [-0.15, -0.1) is 0 Å². The number of aliphatic hydroxyl groups is 1. The molecule has 0 aliphatic heterocycles. The van der Waals surface area contributed by atoms with Crippen molar-refractivity contribution in [3.63, 3.8) is 0 Å². The van der Waals surface area contributed by atoms with E-state index in [2.05, 4.69) is 38.1 Å². The molecule has 0 amide bonds. The van der Waals surface area contributed by atoms with Crippen LogP contribution < -0.4 is 0 Å². The van der Waals surface area contributed by atoms with E-state index >= 15 is 0 Å². The summed E-state index contributed by atoms with van der Waals surface area (Å²) >= 11 is 0. The lowest BCUT2D eigenvalue weighted by Gasteiger charge is -2.41. The van der Waals surface area contributed by atoms with Gasteiger partial charge in [-0.05, 0) is 61.0 Å². The predicted molar refractivity (Wildman–Crippen MR) is 79.1 cm³/mol.